The number of aromatic nitrogens is 2. The average Bonchev–Trinajstić information content (AvgIpc) is 3.43. The van der Waals surface area contributed by atoms with Gasteiger partial charge in [0.25, 0.3) is 5.69 Å². The highest BCUT2D eigenvalue weighted by Gasteiger charge is 2.31. The fourth-order valence-electron chi connectivity index (χ4n) is 5.34. The SMILES string of the molecule is CCOC(=O)c1cc(-c2ccc(C3CCCCC3)cc2)nn1-c1ccc(S(=O)(=O)N2CCOCC2)cc1[N+](=O)[O-]. The molecule has 1 saturated heterocycles. The molecule has 5 rings (SSSR count). The van der Waals surface area contributed by atoms with Gasteiger partial charge >= 0.3 is 5.97 Å². The number of sulfonamides is 1. The van der Waals surface area contributed by atoms with Crippen molar-refractivity contribution in [1.82, 2.24) is 14.1 Å². The third-order valence-corrected chi connectivity index (χ3v) is 9.35. The van der Waals surface area contributed by atoms with Gasteiger partial charge in [-0.25, -0.2) is 17.9 Å². The number of nitro benzene ring substituents is 1. The van der Waals surface area contributed by atoms with Crippen molar-refractivity contribution in [2.45, 2.75) is 49.8 Å². The number of benzene rings is 2. The number of nitro groups is 1. The van der Waals surface area contributed by atoms with E-state index in [0.29, 0.717) is 11.6 Å². The summed E-state index contributed by atoms with van der Waals surface area (Å²) >= 11 is 0. The van der Waals surface area contributed by atoms with Gasteiger partial charge in [-0.1, -0.05) is 43.5 Å². The quantitative estimate of drug-likeness (QED) is 0.217. The molecule has 0 atom stereocenters. The summed E-state index contributed by atoms with van der Waals surface area (Å²) in [6.07, 6.45) is 6.06. The topological polar surface area (TPSA) is 134 Å². The van der Waals surface area contributed by atoms with Crippen LogP contribution in [-0.4, -0.2) is 66.3 Å². The summed E-state index contributed by atoms with van der Waals surface area (Å²) in [7, 11) is -3.98. The first-order valence-electron chi connectivity index (χ1n) is 13.5. The van der Waals surface area contributed by atoms with Crippen LogP contribution in [0.2, 0.25) is 0 Å². The molecule has 0 amide bonds. The van der Waals surface area contributed by atoms with Gasteiger partial charge in [0.1, 0.15) is 5.69 Å². The molecule has 12 heteroatoms. The zero-order valence-corrected chi connectivity index (χ0v) is 23.1. The maximum absolute atomic E-state index is 13.2. The Labute approximate surface area is 232 Å². The van der Waals surface area contributed by atoms with Crippen molar-refractivity contribution in [1.29, 1.82) is 0 Å². The third kappa shape index (κ3) is 5.65. The first-order chi connectivity index (χ1) is 19.3. The number of nitrogens with zero attached hydrogens (tertiary/aromatic N) is 4. The van der Waals surface area contributed by atoms with Crippen molar-refractivity contribution >= 4 is 21.7 Å². The highest BCUT2D eigenvalue weighted by molar-refractivity contribution is 7.89. The number of rotatable bonds is 8. The lowest BCUT2D eigenvalue weighted by atomic mass is 9.84. The minimum absolute atomic E-state index is 0.0000865. The predicted molar refractivity (Wildman–Crippen MR) is 147 cm³/mol. The molecule has 3 aromatic rings. The molecule has 2 fully saturated rings. The van der Waals surface area contributed by atoms with Crippen LogP contribution in [-0.2, 0) is 19.5 Å². The lowest BCUT2D eigenvalue weighted by molar-refractivity contribution is -0.384. The Hall–Kier alpha value is -3.61. The molecule has 1 saturated carbocycles. The van der Waals surface area contributed by atoms with E-state index >= 15 is 0 Å². The van der Waals surface area contributed by atoms with E-state index in [1.807, 2.05) is 12.1 Å². The number of carbonyl (C=O) groups excluding carboxylic acids is 1. The standard InChI is InChI=1S/C28H32N4O7S/c1-2-39-28(33)27-19-24(22-10-8-21(9-11-22)20-6-4-3-5-7-20)29-31(27)25-13-12-23(18-26(25)32(34)35)40(36,37)30-14-16-38-17-15-30/h8-13,18-20H,2-7,14-17H2,1H3. The normalized spacial score (nSPS) is 17.0. The Bertz CT molecular complexity index is 1490. The third-order valence-electron chi connectivity index (χ3n) is 7.46. The summed E-state index contributed by atoms with van der Waals surface area (Å²) in [6, 6.07) is 13.2. The highest BCUT2D eigenvalue weighted by atomic mass is 32.2. The second-order valence-corrected chi connectivity index (χ2v) is 11.9. The Morgan fingerprint density at radius 1 is 1.07 bits per heavy atom. The lowest BCUT2D eigenvalue weighted by Crippen LogP contribution is -2.40. The van der Waals surface area contributed by atoms with E-state index in [9.17, 15) is 23.3 Å². The fraction of sp³-hybridized carbons (Fsp3) is 0.429. The molecule has 0 N–H and O–H groups in total. The fourth-order valence-corrected chi connectivity index (χ4v) is 6.77. The maximum atomic E-state index is 13.2. The Balaban J connectivity index is 1.54. The van der Waals surface area contributed by atoms with E-state index in [4.69, 9.17) is 9.47 Å². The van der Waals surface area contributed by atoms with Gasteiger partial charge in [-0.15, -0.1) is 0 Å². The number of hydrogen-bond donors (Lipinski definition) is 0. The molecular formula is C28H32N4O7S. The summed E-state index contributed by atoms with van der Waals surface area (Å²) in [5.41, 5.74) is 1.91. The molecule has 2 aromatic carbocycles. The van der Waals surface area contributed by atoms with Crippen LogP contribution in [0.1, 0.15) is 61.0 Å². The number of carbonyl (C=O) groups is 1. The Morgan fingerprint density at radius 3 is 2.42 bits per heavy atom. The summed E-state index contributed by atoms with van der Waals surface area (Å²) in [6.45, 7) is 2.59. The number of morpholine rings is 1. The molecule has 40 heavy (non-hydrogen) atoms. The Morgan fingerprint density at radius 2 is 1.77 bits per heavy atom. The highest BCUT2D eigenvalue weighted by Crippen LogP contribution is 2.34. The van der Waals surface area contributed by atoms with Crippen LogP contribution in [0.4, 0.5) is 5.69 Å². The van der Waals surface area contributed by atoms with E-state index in [-0.39, 0.29) is 49.2 Å². The molecule has 2 heterocycles. The van der Waals surface area contributed by atoms with Crippen molar-refractivity contribution in [3.8, 4) is 16.9 Å². The molecule has 212 valence electrons. The zero-order valence-electron chi connectivity index (χ0n) is 22.3. The van der Waals surface area contributed by atoms with Crippen LogP contribution in [0.25, 0.3) is 16.9 Å². The van der Waals surface area contributed by atoms with E-state index in [0.717, 1.165) is 16.3 Å². The van der Waals surface area contributed by atoms with Crippen LogP contribution in [0.15, 0.2) is 53.4 Å². The number of esters is 1. The molecule has 1 aromatic heterocycles. The van der Waals surface area contributed by atoms with Gasteiger partial charge in [0, 0.05) is 24.7 Å². The first kappa shape index (κ1) is 27.9. The first-order valence-corrected chi connectivity index (χ1v) is 15.0. The minimum atomic E-state index is -3.98. The van der Waals surface area contributed by atoms with Crippen LogP contribution in [0, 0.1) is 10.1 Å². The van der Waals surface area contributed by atoms with Gasteiger partial charge in [-0.3, -0.25) is 10.1 Å². The van der Waals surface area contributed by atoms with E-state index < -0.39 is 26.6 Å². The van der Waals surface area contributed by atoms with Gasteiger partial charge in [0.15, 0.2) is 5.69 Å². The molecule has 0 spiro atoms. The van der Waals surface area contributed by atoms with Crippen molar-refractivity contribution in [3.63, 3.8) is 0 Å². The Kier molecular flexibility index (Phi) is 8.29. The van der Waals surface area contributed by atoms with Crippen molar-refractivity contribution in [2.75, 3.05) is 32.9 Å². The van der Waals surface area contributed by atoms with E-state index in [1.54, 1.807) is 6.92 Å². The number of ether oxygens (including phenoxy) is 2. The van der Waals surface area contributed by atoms with Crippen LogP contribution in [0.3, 0.4) is 0 Å². The van der Waals surface area contributed by atoms with Gasteiger partial charge in [0.2, 0.25) is 10.0 Å². The molecule has 0 unspecified atom stereocenters. The van der Waals surface area contributed by atoms with Gasteiger partial charge in [-0.05, 0) is 49.4 Å². The lowest BCUT2D eigenvalue weighted by Gasteiger charge is -2.26. The minimum Gasteiger partial charge on any atom is -0.461 e. The number of hydrogen-bond acceptors (Lipinski definition) is 8. The maximum Gasteiger partial charge on any atom is 0.357 e. The molecule has 1 aliphatic carbocycles. The molecule has 0 radical (unpaired) electrons. The van der Waals surface area contributed by atoms with Crippen molar-refractivity contribution in [3.05, 3.63) is 69.9 Å². The van der Waals surface area contributed by atoms with Crippen LogP contribution in [0.5, 0.6) is 0 Å². The van der Waals surface area contributed by atoms with Gasteiger partial charge < -0.3 is 9.47 Å². The summed E-state index contributed by atoms with van der Waals surface area (Å²) in [5.74, 6) is -0.162. The van der Waals surface area contributed by atoms with Crippen LogP contribution < -0.4 is 0 Å². The zero-order chi connectivity index (χ0) is 28.3. The largest absolute Gasteiger partial charge is 0.461 e. The predicted octanol–water partition coefficient (Wildman–Crippen LogP) is 4.69. The average molecular weight is 569 g/mol. The van der Waals surface area contributed by atoms with Crippen LogP contribution >= 0.6 is 0 Å². The van der Waals surface area contributed by atoms with Gasteiger partial charge in [-0.2, -0.15) is 9.40 Å². The van der Waals surface area contributed by atoms with Crippen molar-refractivity contribution < 1.29 is 27.6 Å². The second-order valence-electron chi connectivity index (χ2n) is 9.93. The molecule has 2 aliphatic rings. The molecular weight excluding hydrogens is 536 g/mol. The van der Waals surface area contributed by atoms with E-state index in [2.05, 4.69) is 17.2 Å². The molecule has 1 aliphatic heterocycles. The summed E-state index contributed by atoms with van der Waals surface area (Å²) in [4.78, 5) is 24.1. The monoisotopic (exact) mass is 568 g/mol. The van der Waals surface area contributed by atoms with E-state index in [1.165, 1.54) is 60.2 Å². The summed E-state index contributed by atoms with van der Waals surface area (Å²) < 4.78 is 39.1. The van der Waals surface area contributed by atoms with Gasteiger partial charge in [0.05, 0.1) is 35.3 Å². The summed E-state index contributed by atoms with van der Waals surface area (Å²) in [5, 5.41) is 16.7. The molecule has 11 nitrogen and oxygen atoms in total. The smallest absolute Gasteiger partial charge is 0.357 e. The second kappa shape index (κ2) is 11.9. The molecule has 0 bridgehead atoms. The van der Waals surface area contributed by atoms with Crippen molar-refractivity contribution in [2.24, 2.45) is 0 Å².